The number of carbonyl (C=O) groups is 2. The molecule has 3 aliphatic rings. The largest absolute Gasteiger partial charge is 0.310 e. The first kappa shape index (κ1) is 19.1. The SMILES string of the molecule is CC1(C)CC(=O)C2C(C1)NC1CC(C)(C)CC(=O)C1C2c1ccc(Cl)cc1. The second kappa shape index (κ2) is 6.42. The van der Waals surface area contributed by atoms with E-state index in [2.05, 4.69) is 33.0 Å². The first-order valence-electron chi connectivity index (χ1n) is 10.1. The molecular weight excluding hydrogens is 358 g/mol. The third-order valence-electron chi connectivity index (χ3n) is 6.92. The van der Waals surface area contributed by atoms with Crippen molar-refractivity contribution >= 4 is 23.2 Å². The van der Waals surface area contributed by atoms with Crippen LogP contribution in [0.2, 0.25) is 5.02 Å². The van der Waals surface area contributed by atoms with Crippen molar-refractivity contribution in [2.24, 2.45) is 22.7 Å². The van der Waals surface area contributed by atoms with Gasteiger partial charge in [-0.25, -0.2) is 0 Å². The second-order valence-corrected chi connectivity index (χ2v) is 11.0. The number of piperidine rings is 1. The molecule has 27 heavy (non-hydrogen) atoms. The van der Waals surface area contributed by atoms with Crippen LogP contribution in [-0.2, 0) is 9.59 Å². The summed E-state index contributed by atoms with van der Waals surface area (Å²) in [5.74, 6) is 0.335. The van der Waals surface area contributed by atoms with Gasteiger partial charge >= 0.3 is 0 Å². The van der Waals surface area contributed by atoms with Gasteiger partial charge in [-0.1, -0.05) is 51.4 Å². The lowest BCUT2D eigenvalue weighted by atomic mass is 9.54. The molecular formula is C23H30ClNO2. The molecule has 1 N–H and O–H groups in total. The molecule has 3 fully saturated rings. The fourth-order valence-electron chi connectivity index (χ4n) is 6.04. The number of Topliss-reactive ketones (excluding diaryl/α,β-unsaturated/α-hetero) is 2. The topological polar surface area (TPSA) is 46.2 Å². The lowest BCUT2D eigenvalue weighted by Gasteiger charge is -2.55. The van der Waals surface area contributed by atoms with Crippen molar-refractivity contribution in [2.75, 3.05) is 0 Å². The molecule has 1 aromatic carbocycles. The molecule has 146 valence electrons. The maximum Gasteiger partial charge on any atom is 0.138 e. The van der Waals surface area contributed by atoms with E-state index in [1.165, 1.54) is 0 Å². The number of hydrogen-bond acceptors (Lipinski definition) is 3. The van der Waals surface area contributed by atoms with Gasteiger partial charge < -0.3 is 5.32 Å². The first-order valence-corrected chi connectivity index (χ1v) is 10.5. The summed E-state index contributed by atoms with van der Waals surface area (Å²) >= 11 is 6.11. The predicted molar refractivity (Wildman–Crippen MR) is 108 cm³/mol. The van der Waals surface area contributed by atoms with E-state index in [4.69, 9.17) is 11.6 Å². The predicted octanol–water partition coefficient (Wildman–Crippen LogP) is 4.77. The highest BCUT2D eigenvalue weighted by molar-refractivity contribution is 6.30. The summed E-state index contributed by atoms with van der Waals surface area (Å²) in [5.41, 5.74) is 1.11. The van der Waals surface area contributed by atoms with Crippen LogP contribution in [0.5, 0.6) is 0 Å². The Bertz CT molecular complexity index is 725. The highest BCUT2D eigenvalue weighted by atomic mass is 35.5. The van der Waals surface area contributed by atoms with Crippen molar-refractivity contribution < 1.29 is 9.59 Å². The number of fused-ring (bicyclic) bond motifs is 2. The zero-order valence-electron chi connectivity index (χ0n) is 16.7. The van der Waals surface area contributed by atoms with Gasteiger partial charge in [-0.3, -0.25) is 9.59 Å². The van der Waals surface area contributed by atoms with Crippen LogP contribution in [0.3, 0.4) is 0 Å². The molecule has 4 atom stereocenters. The maximum absolute atomic E-state index is 13.2. The number of nitrogens with one attached hydrogen (secondary N) is 1. The average Bonchev–Trinajstić information content (AvgIpc) is 2.51. The molecule has 4 heteroatoms. The van der Waals surface area contributed by atoms with Crippen LogP contribution in [0.15, 0.2) is 24.3 Å². The molecule has 4 unspecified atom stereocenters. The van der Waals surface area contributed by atoms with Crippen molar-refractivity contribution in [3.8, 4) is 0 Å². The molecule has 1 heterocycles. The molecule has 1 saturated heterocycles. The van der Waals surface area contributed by atoms with E-state index in [9.17, 15) is 9.59 Å². The van der Waals surface area contributed by atoms with Gasteiger partial charge in [0.1, 0.15) is 11.6 Å². The zero-order chi connectivity index (χ0) is 19.6. The molecule has 0 spiro atoms. The Morgan fingerprint density at radius 3 is 1.70 bits per heavy atom. The lowest BCUT2D eigenvalue weighted by molar-refractivity contribution is -0.140. The van der Waals surface area contributed by atoms with Crippen LogP contribution in [0.4, 0.5) is 0 Å². The van der Waals surface area contributed by atoms with Crippen molar-refractivity contribution in [2.45, 2.75) is 71.4 Å². The van der Waals surface area contributed by atoms with E-state index >= 15 is 0 Å². The van der Waals surface area contributed by atoms with Crippen LogP contribution in [0.25, 0.3) is 0 Å². The highest BCUT2D eigenvalue weighted by Crippen LogP contribution is 2.52. The standard InChI is InChI=1S/C23H30ClNO2/c1-22(2)9-15-20(17(26)11-22)19(13-5-7-14(24)8-6-13)21-16(25-15)10-23(3,4)12-18(21)27/h5-8,15-16,19-21,25H,9-12H2,1-4H3. The Balaban J connectivity index is 1.79. The van der Waals surface area contributed by atoms with Gasteiger partial charge in [0.05, 0.1) is 0 Å². The van der Waals surface area contributed by atoms with Crippen LogP contribution in [-0.4, -0.2) is 23.7 Å². The number of halogens is 1. The fourth-order valence-corrected chi connectivity index (χ4v) is 6.17. The summed E-state index contributed by atoms with van der Waals surface area (Å²) in [6.07, 6.45) is 3.14. The van der Waals surface area contributed by atoms with Gasteiger partial charge in [-0.15, -0.1) is 0 Å². The Morgan fingerprint density at radius 2 is 1.26 bits per heavy atom. The second-order valence-electron chi connectivity index (χ2n) is 10.5. The number of benzene rings is 1. The maximum atomic E-state index is 13.2. The van der Waals surface area contributed by atoms with Gasteiger partial charge in [-0.05, 0) is 41.4 Å². The molecule has 2 aliphatic carbocycles. The molecule has 3 nitrogen and oxygen atoms in total. The van der Waals surface area contributed by atoms with Gasteiger partial charge in [0.25, 0.3) is 0 Å². The monoisotopic (exact) mass is 387 g/mol. The Hall–Kier alpha value is -1.19. The number of ketones is 2. The van der Waals surface area contributed by atoms with Gasteiger partial charge in [0, 0.05) is 47.7 Å². The van der Waals surface area contributed by atoms with E-state index in [1.54, 1.807) is 0 Å². The lowest BCUT2D eigenvalue weighted by Crippen LogP contribution is -2.65. The van der Waals surface area contributed by atoms with Crippen LogP contribution in [0.1, 0.15) is 64.9 Å². The van der Waals surface area contributed by atoms with E-state index < -0.39 is 0 Å². The third kappa shape index (κ3) is 3.49. The quantitative estimate of drug-likeness (QED) is 0.754. The summed E-state index contributed by atoms with van der Waals surface area (Å²) in [5, 5.41) is 4.46. The highest BCUT2D eigenvalue weighted by Gasteiger charge is 2.56. The smallest absolute Gasteiger partial charge is 0.138 e. The van der Waals surface area contributed by atoms with E-state index in [-0.39, 0.29) is 40.7 Å². The van der Waals surface area contributed by atoms with Gasteiger partial charge in [-0.2, -0.15) is 0 Å². The molecule has 4 rings (SSSR count). The number of carbonyl (C=O) groups excluding carboxylic acids is 2. The minimum Gasteiger partial charge on any atom is -0.310 e. The van der Waals surface area contributed by atoms with Crippen LogP contribution >= 0.6 is 11.6 Å². The summed E-state index contributed by atoms with van der Waals surface area (Å²) in [4.78, 5) is 26.5. The normalized spacial score (nSPS) is 37.4. The van der Waals surface area contributed by atoms with E-state index in [0.29, 0.717) is 29.4 Å². The molecule has 0 bridgehead atoms. The molecule has 0 amide bonds. The molecule has 2 saturated carbocycles. The summed E-state index contributed by atoms with van der Waals surface area (Å²) in [6.45, 7) is 8.73. The average molecular weight is 388 g/mol. The molecule has 0 aromatic heterocycles. The van der Waals surface area contributed by atoms with Gasteiger partial charge in [0.2, 0.25) is 0 Å². The molecule has 0 radical (unpaired) electrons. The van der Waals surface area contributed by atoms with Gasteiger partial charge in [0.15, 0.2) is 0 Å². The van der Waals surface area contributed by atoms with Crippen molar-refractivity contribution in [3.63, 3.8) is 0 Å². The van der Waals surface area contributed by atoms with Crippen molar-refractivity contribution in [1.82, 2.24) is 5.32 Å². The minimum absolute atomic E-state index is 0.0107. The molecule has 1 aliphatic heterocycles. The van der Waals surface area contributed by atoms with E-state index in [0.717, 1.165) is 18.4 Å². The Labute approximate surface area is 167 Å². The summed E-state index contributed by atoms with van der Waals surface area (Å²) < 4.78 is 0. The van der Waals surface area contributed by atoms with Crippen LogP contribution < -0.4 is 5.32 Å². The summed E-state index contributed by atoms with van der Waals surface area (Å²) in [7, 11) is 0. The Morgan fingerprint density at radius 1 is 0.815 bits per heavy atom. The zero-order valence-corrected chi connectivity index (χ0v) is 17.5. The molecule has 1 aromatic rings. The van der Waals surface area contributed by atoms with Crippen molar-refractivity contribution in [3.05, 3.63) is 34.9 Å². The first-order chi connectivity index (χ1) is 12.6. The van der Waals surface area contributed by atoms with Crippen LogP contribution in [0, 0.1) is 22.7 Å². The third-order valence-corrected chi connectivity index (χ3v) is 7.17. The summed E-state index contributed by atoms with van der Waals surface area (Å²) in [6, 6.07) is 8.10. The number of hydrogen-bond donors (Lipinski definition) is 1. The van der Waals surface area contributed by atoms with Crippen molar-refractivity contribution in [1.29, 1.82) is 0 Å². The minimum atomic E-state index is -0.120. The Kier molecular flexibility index (Phi) is 4.55. The van der Waals surface area contributed by atoms with E-state index in [1.807, 2.05) is 24.3 Å². The fraction of sp³-hybridized carbons (Fsp3) is 0.652. The number of rotatable bonds is 1.